The summed E-state index contributed by atoms with van der Waals surface area (Å²) in [7, 11) is 0. The summed E-state index contributed by atoms with van der Waals surface area (Å²) in [6.45, 7) is 0. The van der Waals surface area contributed by atoms with Crippen molar-refractivity contribution in [2.75, 3.05) is 22.1 Å². The quantitative estimate of drug-likeness (QED) is 0.695. The molecular formula is C18H18F2N2O2S. The standard InChI is InChI=1S/C18H18F2N2O2S/c19-13-1-5-15(6-2-13)21-17(23)9-11-25-12-10-18(24)22-16-7-3-14(20)4-8-16/h1-8H,9-12H2,(H,21,23)(H,22,24). The van der Waals surface area contributed by atoms with E-state index in [9.17, 15) is 18.4 Å². The fourth-order valence-electron chi connectivity index (χ4n) is 1.95. The summed E-state index contributed by atoms with van der Waals surface area (Å²) in [5.41, 5.74) is 1.10. The summed E-state index contributed by atoms with van der Waals surface area (Å²) in [4.78, 5) is 23.5. The Balaban J connectivity index is 1.57. The van der Waals surface area contributed by atoms with E-state index in [1.807, 2.05) is 0 Å². The molecule has 2 aromatic rings. The number of carbonyl (C=O) groups excluding carboxylic acids is 2. The van der Waals surface area contributed by atoms with Crippen LogP contribution in [0.1, 0.15) is 12.8 Å². The minimum Gasteiger partial charge on any atom is -0.326 e. The topological polar surface area (TPSA) is 58.2 Å². The largest absolute Gasteiger partial charge is 0.326 e. The first-order valence-electron chi connectivity index (χ1n) is 7.71. The van der Waals surface area contributed by atoms with E-state index in [4.69, 9.17) is 0 Å². The fourth-order valence-corrected chi connectivity index (χ4v) is 2.81. The van der Waals surface area contributed by atoms with Crippen LogP contribution in [0, 0.1) is 11.6 Å². The number of hydrogen-bond donors (Lipinski definition) is 2. The van der Waals surface area contributed by atoms with Gasteiger partial charge in [-0.2, -0.15) is 11.8 Å². The Labute approximate surface area is 149 Å². The van der Waals surface area contributed by atoms with Crippen LogP contribution in [0.2, 0.25) is 0 Å². The molecule has 2 amide bonds. The van der Waals surface area contributed by atoms with Crippen LogP contribution in [0.25, 0.3) is 0 Å². The molecule has 2 rings (SSSR count). The molecule has 0 aliphatic heterocycles. The molecule has 4 nitrogen and oxygen atoms in total. The second-order valence-electron chi connectivity index (χ2n) is 5.22. The Kier molecular flexibility index (Phi) is 7.40. The molecule has 0 heterocycles. The molecule has 2 aromatic carbocycles. The molecule has 0 spiro atoms. The van der Waals surface area contributed by atoms with Gasteiger partial charge in [-0.05, 0) is 48.5 Å². The maximum atomic E-state index is 12.8. The zero-order valence-corrected chi connectivity index (χ0v) is 14.2. The number of anilines is 2. The van der Waals surface area contributed by atoms with Crippen LogP contribution < -0.4 is 10.6 Å². The van der Waals surface area contributed by atoms with Gasteiger partial charge in [-0.15, -0.1) is 0 Å². The maximum absolute atomic E-state index is 12.8. The van der Waals surface area contributed by atoms with Crippen molar-refractivity contribution in [2.45, 2.75) is 12.8 Å². The fraction of sp³-hybridized carbons (Fsp3) is 0.222. The number of carbonyl (C=O) groups is 2. The zero-order chi connectivity index (χ0) is 18.1. The van der Waals surface area contributed by atoms with Gasteiger partial charge in [-0.1, -0.05) is 0 Å². The molecule has 0 aromatic heterocycles. The number of thioether (sulfide) groups is 1. The Morgan fingerprint density at radius 2 is 1.08 bits per heavy atom. The molecule has 0 saturated carbocycles. The Bertz CT molecular complexity index is 645. The number of benzene rings is 2. The Morgan fingerprint density at radius 3 is 1.44 bits per heavy atom. The molecule has 0 bridgehead atoms. The van der Waals surface area contributed by atoms with Crippen molar-refractivity contribution in [3.63, 3.8) is 0 Å². The SMILES string of the molecule is O=C(CCSCCC(=O)Nc1ccc(F)cc1)Nc1ccc(F)cc1. The first-order chi connectivity index (χ1) is 12.0. The average molecular weight is 364 g/mol. The second kappa shape index (κ2) is 9.78. The predicted molar refractivity (Wildman–Crippen MR) is 96.6 cm³/mol. The lowest BCUT2D eigenvalue weighted by Crippen LogP contribution is -2.14. The monoisotopic (exact) mass is 364 g/mol. The van der Waals surface area contributed by atoms with Crippen LogP contribution >= 0.6 is 11.8 Å². The normalized spacial score (nSPS) is 10.3. The summed E-state index contributed by atoms with van der Waals surface area (Å²) >= 11 is 1.49. The van der Waals surface area contributed by atoms with Crippen molar-refractivity contribution in [1.29, 1.82) is 0 Å². The van der Waals surface area contributed by atoms with Gasteiger partial charge in [0.05, 0.1) is 0 Å². The number of nitrogens with one attached hydrogen (secondary N) is 2. The first-order valence-corrected chi connectivity index (χ1v) is 8.87. The summed E-state index contributed by atoms with van der Waals surface area (Å²) < 4.78 is 25.5. The van der Waals surface area contributed by atoms with E-state index in [0.29, 0.717) is 35.7 Å². The Morgan fingerprint density at radius 1 is 0.720 bits per heavy atom. The number of amides is 2. The first kappa shape index (κ1) is 18.9. The van der Waals surface area contributed by atoms with Crippen molar-refractivity contribution < 1.29 is 18.4 Å². The number of halogens is 2. The third-order valence-electron chi connectivity index (χ3n) is 3.20. The van der Waals surface area contributed by atoms with Gasteiger partial charge in [0.25, 0.3) is 0 Å². The minimum atomic E-state index is -0.354. The van der Waals surface area contributed by atoms with Crippen molar-refractivity contribution in [3.8, 4) is 0 Å². The van der Waals surface area contributed by atoms with Crippen LogP contribution in [-0.2, 0) is 9.59 Å². The molecule has 0 aliphatic rings. The van der Waals surface area contributed by atoms with Gasteiger partial charge in [0.2, 0.25) is 11.8 Å². The molecule has 25 heavy (non-hydrogen) atoms. The highest BCUT2D eigenvalue weighted by Gasteiger charge is 2.05. The number of rotatable bonds is 8. The molecule has 0 unspecified atom stereocenters. The van der Waals surface area contributed by atoms with E-state index in [2.05, 4.69) is 10.6 Å². The molecule has 0 radical (unpaired) electrons. The van der Waals surface area contributed by atoms with Crippen molar-refractivity contribution in [3.05, 3.63) is 60.2 Å². The summed E-state index contributed by atoms with van der Waals surface area (Å²) in [6, 6.07) is 11.1. The van der Waals surface area contributed by atoms with E-state index >= 15 is 0 Å². The van der Waals surface area contributed by atoms with Gasteiger partial charge in [0, 0.05) is 35.7 Å². The third kappa shape index (κ3) is 7.34. The molecule has 0 saturated heterocycles. The van der Waals surface area contributed by atoms with Crippen molar-refractivity contribution >= 4 is 35.0 Å². The van der Waals surface area contributed by atoms with E-state index in [-0.39, 0.29) is 23.4 Å². The van der Waals surface area contributed by atoms with E-state index < -0.39 is 0 Å². The molecule has 2 N–H and O–H groups in total. The molecule has 0 fully saturated rings. The molecule has 7 heteroatoms. The average Bonchev–Trinajstić information content (AvgIpc) is 2.59. The summed E-state index contributed by atoms with van der Waals surface area (Å²) in [5.74, 6) is 0.137. The van der Waals surface area contributed by atoms with Gasteiger partial charge >= 0.3 is 0 Å². The van der Waals surface area contributed by atoms with Gasteiger partial charge in [0.15, 0.2) is 0 Å². The highest BCUT2D eigenvalue weighted by atomic mass is 32.2. The van der Waals surface area contributed by atoms with Crippen molar-refractivity contribution in [1.82, 2.24) is 0 Å². The van der Waals surface area contributed by atoms with Crippen LogP contribution in [-0.4, -0.2) is 23.3 Å². The van der Waals surface area contributed by atoms with Gasteiger partial charge in [-0.25, -0.2) is 8.78 Å². The predicted octanol–water partition coefficient (Wildman–Crippen LogP) is 4.06. The number of hydrogen-bond acceptors (Lipinski definition) is 3. The highest BCUT2D eigenvalue weighted by molar-refractivity contribution is 7.99. The Hall–Kier alpha value is -2.41. The second-order valence-corrected chi connectivity index (χ2v) is 6.45. The van der Waals surface area contributed by atoms with E-state index in [1.165, 1.54) is 60.3 Å². The van der Waals surface area contributed by atoms with E-state index in [1.54, 1.807) is 0 Å². The maximum Gasteiger partial charge on any atom is 0.225 e. The molecule has 132 valence electrons. The third-order valence-corrected chi connectivity index (χ3v) is 4.19. The van der Waals surface area contributed by atoms with E-state index in [0.717, 1.165) is 0 Å². The minimum absolute atomic E-state index is 0.158. The highest BCUT2D eigenvalue weighted by Crippen LogP contribution is 2.12. The zero-order valence-electron chi connectivity index (χ0n) is 13.4. The molecule has 0 atom stereocenters. The lowest BCUT2D eigenvalue weighted by molar-refractivity contribution is -0.116. The van der Waals surface area contributed by atoms with Crippen molar-refractivity contribution in [2.24, 2.45) is 0 Å². The summed E-state index contributed by atoms with van der Waals surface area (Å²) in [6.07, 6.45) is 0.614. The smallest absolute Gasteiger partial charge is 0.225 e. The van der Waals surface area contributed by atoms with Crippen LogP contribution in [0.5, 0.6) is 0 Å². The van der Waals surface area contributed by atoms with Gasteiger partial charge < -0.3 is 10.6 Å². The van der Waals surface area contributed by atoms with Gasteiger partial charge in [0.1, 0.15) is 11.6 Å². The van der Waals surface area contributed by atoms with Crippen LogP contribution in [0.15, 0.2) is 48.5 Å². The lowest BCUT2D eigenvalue weighted by atomic mass is 10.3. The van der Waals surface area contributed by atoms with Gasteiger partial charge in [-0.3, -0.25) is 9.59 Å². The van der Waals surface area contributed by atoms with Crippen LogP contribution in [0.3, 0.4) is 0 Å². The molecular weight excluding hydrogens is 346 g/mol. The molecule has 0 aliphatic carbocycles. The van der Waals surface area contributed by atoms with Crippen LogP contribution in [0.4, 0.5) is 20.2 Å². The summed E-state index contributed by atoms with van der Waals surface area (Å²) in [5, 5.41) is 5.35. The lowest BCUT2D eigenvalue weighted by Gasteiger charge is -2.06.